The summed E-state index contributed by atoms with van der Waals surface area (Å²) in [4.78, 5) is 29.1. The number of thioether (sulfide) groups is 1. The maximum Gasteiger partial charge on any atom is 0.237 e. The molecule has 1 saturated heterocycles. The lowest BCUT2D eigenvalue weighted by molar-refractivity contribution is -0.131. The molecule has 2 aliphatic rings. The average molecular weight is 428 g/mol. The zero-order chi connectivity index (χ0) is 20.9. The predicted octanol–water partition coefficient (Wildman–Crippen LogP) is 3.27. The Hall–Kier alpha value is -2.35. The van der Waals surface area contributed by atoms with Gasteiger partial charge in [-0.25, -0.2) is 0 Å². The molecule has 7 nitrogen and oxygen atoms in total. The van der Waals surface area contributed by atoms with E-state index in [4.69, 9.17) is 0 Å². The molecule has 0 aliphatic carbocycles. The number of fused-ring (bicyclic) bond motifs is 1. The van der Waals surface area contributed by atoms with Crippen molar-refractivity contribution in [3.05, 3.63) is 35.7 Å². The molecule has 0 N–H and O–H groups in total. The van der Waals surface area contributed by atoms with E-state index in [1.165, 1.54) is 17.3 Å². The Balaban J connectivity index is 1.42. The van der Waals surface area contributed by atoms with Crippen molar-refractivity contribution >= 4 is 29.3 Å². The number of rotatable bonds is 6. The van der Waals surface area contributed by atoms with Crippen molar-refractivity contribution in [3.63, 3.8) is 0 Å². The zero-order valence-electron chi connectivity index (χ0n) is 17.5. The smallest absolute Gasteiger partial charge is 0.237 e. The number of nitrogens with zero attached hydrogens (tertiary/aromatic N) is 5. The zero-order valence-corrected chi connectivity index (χ0v) is 18.4. The second-order valence-corrected chi connectivity index (χ2v) is 8.78. The minimum absolute atomic E-state index is 0.0991. The molecule has 160 valence electrons. The Morgan fingerprint density at radius 1 is 1.07 bits per heavy atom. The maximum absolute atomic E-state index is 12.9. The highest BCUT2D eigenvalue weighted by atomic mass is 32.2. The van der Waals surface area contributed by atoms with Gasteiger partial charge in [-0.15, -0.1) is 10.2 Å². The molecule has 0 saturated carbocycles. The first-order chi connectivity index (χ1) is 14.7. The van der Waals surface area contributed by atoms with Gasteiger partial charge in [0, 0.05) is 31.7 Å². The van der Waals surface area contributed by atoms with E-state index in [0.717, 1.165) is 61.9 Å². The molecule has 2 aliphatic heterocycles. The van der Waals surface area contributed by atoms with E-state index in [-0.39, 0.29) is 11.8 Å². The summed E-state index contributed by atoms with van der Waals surface area (Å²) in [7, 11) is 0. The molecule has 0 unspecified atom stereocenters. The van der Waals surface area contributed by atoms with E-state index >= 15 is 0 Å². The Morgan fingerprint density at radius 2 is 1.93 bits per heavy atom. The van der Waals surface area contributed by atoms with Gasteiger partial charge >= 0.3 is 0 Å². The fraction of sp³-hybridized carbons (Fsp3) is 0.545. The number of aromatic nitrogens is 3. The minimum Gasteiger partial charge on any atom is -0.335 e. The third-order valence-corrected chi connectivity index (χ3v) is 6.80. The first-order valence-electron chi connectivity index (χ1n) is 10.9. The van der Waals surface area contributed by atoms with Crippen LogP contribution in [0.3, 0.4) is 0 Å². The largest absolute Gasteiger partial charge is 0.335 e. The molecule has 0 radical (unpaired) electrons. The lowest BCUT2D eigenvalue weighted by atomic mass is 10.0. The van der Waals surface area contributed by atoms with E-state index in [1.54, 1.807) is 0 Å². The monoisotopic (exact) mass is 427 g/mol. The van der Waals surface area contributed by atoms with Gasteiger partial charge in [0.1, 0.15) is 0 Å². The van der Waals surface area contributed by atoms with Gasteiger partial charge in [0.25, 0.3) is 0 Å². The summed E-state index contributed by atoms with van der Waals surface area (Å²) < 4.78 is 2.03. The molecule has 0 spiro atoms. The fourth-order valence-electron chi connectivity index (χ4n) is 4.23. The molecule has 4 rings (SSSR count). The lowest BCUT2D eigenvalue weighted by Crippen LogP contribution is -2.36. The van der Waals surface area contributed by atoms with Crippen LogP contribution in [0.1, 0.15) is 50.4 Å². The number of carbonyl (C=O) groups excluding carboxylic acids is 2. The second-order valence-electron chi connectivity index (χ2n) is 7.84. The van der Waals surface area contributed by atoms with Crippen LogP contribution >= 0.6 is 11.8 Å². The van der Waals surface area contributed by atoms with Gasteiger partial charge in [-0.05, 0) is 44.2 Å². The highest BCUT2D eigenvalue weighted by Crippen LogP contribution is 2.28. The summed E-state index contributed by atoms with van der Waals surface area (Å²) in [6, 6.07) is 8.15. The van der Waals surface area contributed by atoms with Crippen molar-refractivity contribution < 1.29 is 9.59 Å². The highest BCUT2D eigenvalue weighted by Gasteiger charge is 2.24. The quantitative estimate of drug-likeness (QED) is 0.662. The van der Waals surface area contributed by atoms with Crippen molar-refractivity contribution in [1.82, 2.24) is 19.7 Å². The summed E-state index contributed by atoms with van der Waals surface area (Å²) >= 11 is 1.43. The topological polar surface area (TPSA) is 71.3 Å². The molecular weight excluding hydrogens is 398 g/mol. The van der Waals surface area contributed by atoms with Crippen LogP contribution in [-0.4, -0.2) is 50.3 Å². The molecule has 1 aromatic carbocycles. The standard InChI is InChI=1S/C22H29N5O2S/c1-2-26-19(15-25-13-7-3-4-12-20(25)28)23-24-22(26)30-16-21(29)27-14-8-10-17-9-5-6-11-18(17)27/h5-6,9,11H,2-4,7-8,10,12-16H2,1H3. The van der Waals surface area contributed by atoms with Crippen LogP contribution in [0.5, 0.6) is 0 Å². The highest BCUT2D eigenvalue weighted by molar-refractivity contribution is 7.99. The van der Waals surface area contributed by atoms with Gasteiger partial charge in [0.2, 0.25) is 11.8 Å². The molecule has 2 aromatic rings. The van der Waals surface area contributed by atoms with Crippen LogP contribution < -0.4 is 4.90 Å². The first kappa shape index (κ1) is 20.9. The summed E-state index contributed by atoms with van der Waals surface area (Å²) in [6.07, 6.45) is 5.75. The number of hydrogen-bond donors (Lipinski definition) is 0. The van der Waals surface area contributed by atoms with E-state index in [0.29, 0.717) is 25.3 Å². The third-order valence-electron chi connectivity index (χ3n) is 5.85. The van der Waals surface area contributed by atoms with Gasteiger partial charge in [-0.1, -0.05) is 36.4 Å². The number of para-hydroxylation sites is 1. The molecule has 0 atom stereocenters. The number of hydrogen-bond acceptors (Lipinski definition) is 5. The number of carbonyl (C=O) groups is 2. The molecule has 2 amide bonds. The van der Waals surface area contributed by atoms with Crippen molar-refractivity contribution in [3.8, 4) is 0 Å². The number of benzene rings is 1. The van der Waals surface area contributed by atoms with E-state index in [9.17, 15) is 9.59 Å². The van der Waals surface area contributed by atoms with Crippen LogP contribution in [0.15, 0.2) is 29.4 Å². The number of amides is 2. The van der Waals surface area contributed by atoms with Gasteiger partial charge in [-0.2, -0.15) is 0 Å². The average Bonchev–Trinajstić information content (AvgIpc) is 3.05. The molecule has 8 heteroatoms. The van der Waals surface area contributed by atoms with Gasteiger partial charge in [0.05, 0.1) is 12.3 Å². The summed E-state index contributed by atoms with van der Waals surface area (Å²) in [5.41, 5.74) is 2.27. The van der Waals surface area contributed by atoms with Crippen LogP contribution in [0.4, 0.5) is 5.69 Å². The Bertz CT molecular complexity index is 913. The Morgan fingerprint density at radius 3 is 2.80 bits per heavy atom. The summed E-state index contributed by atoms with van der Waals surface area (Å²) in [5.74, 6) is 1.43. The minimum atomic E-state index is 0.0991. The fourth-order valence-corrected chi connectivity index (χ4v) is 5.13. The van der Waals surface area contributed by atoms with Crippen molar-refractivity contribution in [1.29, 1.82) is 0 Å². The molecule has 30 heavy (non-hydrogen) atoms. The van der Waals surface area contributed by atoms with Crippen molar-refractivity contribution in [2.75, 3.05) is 23.7 Å². The number of likely N-dealkylation sites (tertiary alicyclic amines) is 1. The number of aryl methyl sites for hydroxylation is 1. The first-order valence-corrected chi connectivity index (χ1v) is 11.9. The molecule has 0 bridgehead atoms. The molecule has 1 aromatic heterocycles. The van der Waals surface area contributed by atoms with Crippen LogP contribution in [0.25, 0.3) is 0 Å². The molecular formula is C22H29N5O2S. The maximum atomic E-state index is 12.9. The normalized spacial score (nSPS) is 17.0. The van der Waals surface area contributed by atoms with E-state index < -0.39 is 0 Å². The Labute approximate surface area is 181 Å². The van der Waals surface area contributed by atoms with Gasteiger partial charge < -0.3 is 14.4 Å². The summed E-state index contributed by atoms with van der Waals surface area (Å²) in [6.45, 7) is 4.80. The number of anilines is 1. The predicted molar refractivity (Wildman–Crippen MR) is 117 cm³/mol. The van der Waals surface area contributed by atoms with E-state index in [1.807, 2.05) is 39.5 Å². The van der Waals surface area contributed by atoms with Gasteiger partial charge in [0.15, 0.2) is 11.0 Å². The molecule has 3 heterocycles. The van der Waals surface area contributed by atoms with Gasteiger partial charge in [-0.3, -0.25) is 9.59 Å². The van der Waals surface area contributed by atoms with Crippen molar-refractivity contribution in [2.45, 2.75) is 63.7 Å². The summed E-state index contributed by atoms with van der Waals surface area (Å²) in [5, 5.41) is 9.42. The third kappa shape index (κ3) is 4.53. The Kier molecular flexibility index (Phi) is 6.72. The van der Waals surface area contributed by atoms with Crippen molar-refractivity contribution in [2.24, 2.45) is 0 Å². The second kappa shape index (κ2) is 9.64. The SMILES string of the molecule is CCn1c(CN2CCCCCC2=O)nnc1SCC(=O)N1CCCc2ccccc21. The van der Waals surface area contributed by atoms with Crippen LogP contribution in [0.2, 0.25) is 0 Å². The van der Waals surface area contributed by atoms with E-state index in [2.05, 4.69) is 16.3 Å². The molecule has 1 fully saturated rings. The van der Waals surface area contributed by atoms with Crippen LogP contribution in [-0.2, 0) is 29.1 Å². The lowest BCUT2D eigenvalue weighted by Gasteiger charge is -2.29. The van der Waals surface area contributed by atoms with Crippen LogP contribution in [0, 0.1) is 0 Å².